The molecule has 0 atom stereocenters. The number of nitrogens with one attached hydrogen (secondary N) is 2. The molecule has 0 aliphatic rings. The van der Waals surface area contributed by atoms with Gasteiger partial charge in [-0.15, -0.1) is 0 Å². The van der Waals surface area contributed by atoms with E-state index in [1.54, 1.807) is 0 Å². The predicted molar refractivity (Wildman–Crippen MR) is 40.2 cm³/mol. The van der Waals surface area contributed by atoms with Crippen LogP contribution in [0.15, 0.2) is 24.4 Å². The molecule has 0 unspecified atom stereocenters. The molecule has 2 amide bonds. The van der Waals surface area contributed by atoms with E-state index in [0.717, 1.165) is 12.2 Å². The van der Waals surface area contributed by atoms with Crippen LogP contribution in [-0.2, 0) is 9.59 Å². The smallest absolute Gasteiger partial charge is 0.264 e. The zero-order valence-corrected chi connectivity index (χ0v) is 6.18. The Kier molecular flexibility index (Phi) is 3.66. The van der Waals surface area contributed by atoms with Gasteiger partial charge in [-0.25, -0.2) is 0 Å². The average molecular weight is 153 g/mol. The minimum Gasteiger partial charge on any atom is -0.326 e. The Morgan fingerprint density at radius 1 is 1.55 bits per heavy atom. The van der Waals surface area contributed by atoms with E-state index in [0.29, 0.717) is 5.70 Å². The summed E-state index contributed by atoms with van der Waals surface area (Å²) in [5.74, 6) is -1.23. The standard InChI is InChI=1S/C7H9N2O2/c1-3-7(11)9-5(2)4-6(8)10/h3-4,8H,1H2,2H3,(H,9,11). The first-order valence-corrected chi connectivity index (χ1v) is 2.93. The van der Waals surface area contributed by atoms with Crippen molar-refractivity contribution in [3.8, 4) is 0 Å². The number of carbonyl (C=O) groups is 2. The van der Waals surface area contributed by atoms with Crippen LogP contribution in [0.5, 0.6) is 0 Å². The fraction of sp³-hybridized carbons (Fsp3) is 0.143. The summed E-state index contributed by atoms with van der Waals surface area (Å²) in [6.07, 6.45) is 2.10. The van der Waals surface area contributed by atoms with E-state index in [1.807, 2.05) is 0 Å². The molecule has 0 aromatic carbocycles. The third-order valence-electron chi connectivity index (χ3n) is 0.853. The van der Waals surface area contributed by atoms with E-state index in [1.165, 1.54) is 6.92 Å². The maximum absolute atomic E-state index is 10.6. The topological polar surface area (TPSA) is 70.0 Å². The first-order chi connectivity index (χ1) is 5.06. The number of amides is 2. The van der Waals surface area contributed by atoms with Gasteiger partial charge in [0.15, 0.2) is 0 Å². The lowest BCUT2D eigenvalue weighted by molar-refractivity contribution is -0.115. The third kappa shape index (κ3) is 4.90. The number of carbonyl (C=O) groups excluding carboxylic acids is 2. The number of rotatable bonds is 3. The SMILES string of the molecule is C=CC(=O)NC(C)=CC([NH])=O. The van der Waals surface area contributed by atoms with Crippen LogP contribution in [0.2, 0.25) is 0 Å². The second-order valence-corrected chi connectivity index (χ2v) is 1.88. The second kappa shape index (κ2) is 4.27. The minimum atomic E-state index is -0.841. The molecule has 0 aliphatic carbocycles. The molecular weight excluding hydrogens is 144 g/mol. The number of hydrogen-bond acceptors (Lipinski definition) is 2. The molecular formula is C7H9N2O2. The van der Waals surface area contributed by atoms with Crippen molar-refractivity contribution in [1.82, 2.24) is 11.1 Å². The van der Waals surface area contributed by atoms with E-state index in [9.17, 15) is 9.59 Å². The zero-order chi connectivity index (χ0) is 8.85. The molecule has 0 fully saturated rings. The Labute approximate surface area is 64.8 Å². The highest BCUT2D eigenvalue weighted by Gasteiger charge is 1.95. The fourth-order valence-electron chi connectivity index (χ4n) is 0.478. The summed E-state index contributed by atoms with van der Waals surface area (Å²) in [6.45, 7) is 4.74. The first kappa shape index (κ1) is 9.42. The van der Waals surface area contributed by atoms with Gasteiger partial charge in [-0.1, -0.05) is 6.58 Å². The largest absolute Gasteiger partial charge is 0.326 e. The maximum Gasteiger partial charge on any atom is 0.264 e. The summed E-state index contributed by atoms with van der Waals surface area (Å²) >= 11 is 0. The molecule has 4 nitrogen and oxygen atoms in total. The van der Waals surface area contributed by atoms with Crippen molar-refractivity contribution in [2.45, 2.75) is 6.92 Å². The molecule has 0 aromatic rings. The third-order valence-corrected chi connectivity index (χ3v) is 0.853. The molecule has 59 valence electrons. The minimum absolute atomic E-state index is 0.343. The van der Waals surface area contributed by atoms with Crippen molar-refractivity contribution >= 4 is 11.8 Å². The summed E-state index contributed by atoms with van der Waals surface area (Å²) in [5, 5.41) is 2.32. The summed E-state index contributed by atoms with van der Waals surface area (Å²) in [4.78, 5) is 20.7. The molecule has 0 saturated carbocycles. The van der Waals surface area contributed by atoms with Crippen LogP contribution >= 0.6 is 0 Å². The van der Waals surface area contributed by atoms with Gasteiger partial charge >= 0.3 is 0 Å². The van der Waals surface area contributed by atoms with Crippen LogP contribution in [0.4, 0.5) is 0 Å². The van der Waals surface area contributed by atoms with Gasteiger partial charge in [-0.3, -0.25) is 15.3 Å². The van der Waals surface area contributed by atoms with Crippen LogP contribution in [0.3, 0.4) is 0 Å². The van der Waals surface area contributed by atoms with Gasteiger partial charge in [-0.2, -0.15) is 0 Å². The van der Waals surface area contributed by atoms with Crippen molar-refractivity contribution in [2.24, 2.45) is 0 Å². The molecule has 4 heteroatoms. The highest BCUT2D eigenvalue weighted by atomic mass is 16.2. The summed E-state index contributed by atoms with van der Waals surface area (Å²) in [6, 6.07) is 0. The molecule has 11 heavy (non-hydrogen) atoms. The number of allylic oxidation sites excluding steroid dienone is 1. The highest BCUT2D eigenvalue weighted by Crippen LogP contribution is 1.85. The Bertz CT molecular complexity index is 218. The van der Waals surface area contributed by atoms with E-state index < -0.39 is 5.91 Å². The summed E-state index contributed by atoms with van der Waals surface area (Å²) in [7, 11) is 0. The molecule has 0 aliphatic heterocycles. The van der Waals surface area contributed by atoms with Crippen molar-refractivity contribution in [3.63, 3.8) is 0 Å². The lowest BCUT2D eigenvalue weighted by atomic mass is 10.4. The van der Waals surface area contributed by atoms with Crippen LogP contribution in [-0.4, -0.2) is 11.8 Å². The van der Waals surface area contributed by atoms with Crippen molar-refractivity contribution in [1.29, 1.82) is 0 Å². The fourth-order valence-corrected chi connectivity index (χ4v) is 0.478. The second-order valence-electron chi connectivity index (χ2n) is 1.88. The van der Waals surface area contributed by atoms with Gasteiger partial charge in [0, 0.05) is 11.8 Å². The van der Waals surface area contributed by atoms with Gasteiger partial charge < -0.3 is 5.32 Å². The zero-order valence-electron chi connectivity index (χ0n) is 6.18. The van der Waals surface area contributed by atoms with Crippen LogP contribution in [0.1, 0.15) is 6.92 Å². The Balaban J connectivity index is 4.06. The van der Waals surface area contributed by atoms with Gasteiger partial charge in [0.25, 0.3) is 5.91 Å². The van der Waals surface area contributed by atoms with Gasteiger partial charge in [0.1, 0.15) is 0 Å². The van der Waals surface area contributed by atoms with E-state index in [4.69, 9.17) is 5.73 Å². The Morgan fingerprint density at radius 3 is 2.45 bits per heavy atom. The van der Waals surface area contributed by atoms with Crippen LogP contribution < -0.4 is 11.1 Å². The molecule has 1 radical (unpaired) electrons. The average Bonchev–Trinajstić information content (AvgIpc) is 1.85. The van der Waals surface area contributed by atoms with Crippen molar-refractivity contribution in [2.75, 3.05) is 0 Å². The molecule has 0 heterocycles. The highest BCUT2D eigenvalue weighted by molar-refractivity contribution is 5.90. The first-order valence-electron chi connectivity index (χ1n) is 2.93. The molecule has 0 bridgehead atoms. The monoisotopic (exact) mass is 153 g/mol. The van der Waals surface area contributed by atoms with Gasteiger partial charge in [0.05, 0.1) is 0 Å². The molecule has 0 rings (SSSR count). The van der Waals surface area contributed by atoms with Crippen molar-refractivity contribution < 1.29 is 9.59 Å². The Hall–Kier alpha value is -1.58. The van der Waals surface area contributed by atoms with E-state index in [-0.39, 0.29) is 5.91 Å². The molecule has 2 N–H and O–H groups in total. The van der Waals surface area contributed by atoms with Crippen LogP contribution in [0, 0.1) is 0 Å². The van der Waals surface area contributed by atoms with E-state index in [2.05, 4.69) is 11.9 Å². The van der Waals surface area contributed by atoms with Crippen molar-refractivity contribution in [3.05, 3.63) is 24.4 Å². The van der Waals surface area contributed by atoms with Gasteiger partial charge in [-0.05, 0) is 13.0 Å². The maximum atomic E-state index is 10.6. The lowest BCUT2D eigenvalue weighted by Gasteiger charge is -1.98. The quantitative estimate of drug-likeness (QED) is 0.580. The normalized spacial score (nSPS) is 10.5. The summed E-state index contributed by atoms with van der Waals surface area (Å²) in [5.41, 5.74) is 6.86. The lowest BCUT2D eigenvalue weighted by Crippen LogP contribution is -2.19. The Morgan fingerprint density at radius 2 is 2.09 bits per heavy atom. The van der Waals surface area contributed by atoms with Crippen LogP contribution in [0.25, 0.3) is 0 Å². The number of hydrogen-bond donors (Lipinski definition) is 1. The summed E-state index contributed by atoms with van der Waals surface area (Å²) < 4.78 is 0. The predicted octanol–water partition coefficient (Wildman–Crippen LogP) is 0.00190. The van der Waals surface area contributed by atoms with E-state index >= 15 is 0 Å². The molecule has 0 spiro atoms. The molecule has 0 aromatic heterocycles. The van der Waals surface area contributed by atoms with Gasteiger partial charge in [0.2, 0.25) is 5.91 Å². The molecule has 0 saturated heterocycles.